The van der Waals surface area contributed by atoms with E-state index in [2.05, 4.69) is 20.6 Å². The number of anilines is 2. The molecule has 1 aromatic carbocycles. The molecule has 0 bridgehead atoms. The van der Waals surface area contributed by atoms with Crippen LogP contribution in [-0.4, -0.2) is 48.3 Å². The van der Waals surface area contributed by atoms with Gasteiger partial charge in [-0.05, 0) is 30.5 Å². The van der Waals surface area contributed by atoms with Gasteiger partial charge in [-0.2, -0.15) is 9.29 Å². The molecule has 27 heavy (non-hydrogen) atoms. The highest BCUT2D eigenvalue weighted by Gasteiger charge is 2.27. The van der Waals surface area contributed by atoms with Gasteiger partial charge < -0.3 is 15.4 Å². The maximum atomic E-state index is 12.6. The van der Waals surface area contributed by atoms with Crippen LogP contribution in [-0.2, 0) is 21.4 Å². The highest BCUT2D eigenvalue weighted by atomic mass is 32.2. The number of rotatable bonds is 5. The molecule has 1 saturated heterocycles. The third-order valence-corrected chi connectivity index (χ3v) is 6.42. The Morgan fingerprint density at radius 1 is 1.15 bits per heavy atom. The molecule has 1 aromatic heterocycles. The van der Waals surface area contributed by atoms with Crippen molar-refractivity contribution < 1.29 is 17.9 Å². The van der Waals surface area contributed by atoms with E-state index < -0.39 is 10.0 Å². The molecule has 9 nitrogen and oxygen atoms in total. The highest BCUT2D eigenvalue weighted by molar-refractivity contribution is 7.89. The summed E-state index contributed by atoms with van der Waals surface area (Å²) in [4.78, 5) is 19.9. The van der Waals surface area contributed by atoms with E-state index in [0.29, 0.717) is 41.9 Å². The monoisotopic (exact) mass is 389 g/mol. The number of hydrogen-bond acceptors (Lipinski definition) is 7. The van der Waals surface area contributed by atoms with Crippen molar-refractivity contribution in [1.82, 2.24) is 14.3 Å². The van der Waals surface area contributed by atoms with E-state index in [9.17, 15) is 13.2 Å². The Bertz CT molecular complexity index is 956. The number of aromatic nitrogens is 2. The Morgan fingerprint density at radius 3 is 2.63 bits per heavy atom. The summed E-state index contributed by atoms with van der Waals surface area (Å²) in [6, 6.07) is 6.76. The van der Waals surface area contributed by atoms with E-state index >= 15 is 0 Å². The maximum Gasteiger partial charge on any atom is 0.262 e. The van der Waals surface area contributed by atoms with Crippen LogP contribution in [0.2, 0.25) is 0 Å². The highest BCUT2D eigenvalue weighted by Crippen LogP contribution is 2.31. The van der Waals surface area contributed by atoms with E-state index in [1.54, 1.807) is 24.3 Å². The van der Waals surface area contributed by atoms with Gasteiger partial charge in [-0.25, -0.2) is 13.4 Å². The molecule has 0 aliphatic carbocycles. The zero-order chi connectivity index (χ0) is 18.9. The van der Waals surface area contributed by atoms with E-state index in [1.807, 2.05) is 0 Å². The molecule has 0 radical (unpaired) electrons. The molecule has 4 rings (SSSR count). The van der Waals surface area contributed by atoms with Crippen molar-refractivity contribution in [1.29, 1.82) is 0 Å². The minimum Gasteiger partial charge on any atom is -0.466 e. The number of nitrogens with one attached hydrogen (secondary N) is 2. The number of carbonyl (C=O) groups is 1. The first-order chi connectivity index (χ1) is 13.0. The molecular weight excluding hydrogens is 370 g/mol. The first-order valence-electron chi connectivity index (χ1n) is 8.65. The van der Waals surface area contributed by atoms with Crippen LogP contribution < -0.4 is 15.4 Å². The quantitative estimate of drug-likeness (QED) is 0.790. The van der Waals surface area contributed by atoms with Gasteiger partial charge in [0.2, 0.25) is 15.9 Å². The summed E-state index contributed by atoms with van der Waals surface area (Å²) in [6.07, 6.45) is 3.17. The fraction of sp³-hybridized carbons (Fsp3) is 0.353. The van der Waals surface area contributed by atoms with Crippen molar-refractivity contribution in [2.45, 2.75) is 24.3 Å². The first-order valence-corrected chi connectivity index (χ1v) is 10.1. The molecule has 0 spiro atoms. The number of nitrogens with zero attached hydrogens (tertiary/aromatic N) is 3. The van der Waals surface area contributed by atoms with Gasteiger partial charge in [-0.15, -0.1) is 0 Å². The fourth-order valence-corrected chi connectivity index (χ4v) is 4.59. The number of ether oxygens (including phenoxy) is 1. The zero-order valence-corrected chi connectivity index (χ0v) is 15.3. The molecule has 0 saturated carbocycles. The van der Waals surface area contributed by atoms with Gasteiger partial charge in [0.15, 0.2) is 12.4 Å². The Balaban J connectivity index is 1.46. The lowest BCUT2D eigenvalue weighted by molar-refractivity contribution is -0.118. The molecule has 0 unspecified atom stereocenters. The number of carbonyl (C=O) groups excluding carboxylic acids is 1. The second kappa shape index (κ2) is 7.12. The summed E-state index contributed by atoms with van der Waals surface area (Å²) >= 11 is 0. The van der Waals surface area contributed by atoms with Crippen LogP contribution in [0.4, 0.5) is 11.5 Å². The van der Waals surface area contributed by atoms with E-state index in [1.165, 1.54) is 10.6 Å². The summed E-state index contributed by atoms with van der Waals surface area (Å²) in [6.45, 7) is 1.50. The summed E-state index contributed by atoms with van der Waals surface area (Å²) < 4.78 is 31.9. The molecule has 3 heterocycles. The standard InChI is InChI=1S/C17H19N5O4S/c23-14-10-26-17-15(21-14)16(19-11-20-17)18-9-12-3-5-13(6-4-12)27(24,25)22-7-1-2-8-22/h3-6,11H,1-2,7-10H2,(H,21,23)(H,18,19,20). The maximum absolute atomic E-state index is 12.6. The minimum atomic E-state index is -3.41. The molecule has 2 N–H and O–H groups in total. The normalized spacial score (nSPS) is 17.1. The SMILES string of the molecule is O=C1COc2ncnc(NCc3ccc(S(=O)(=O)N4CCCC4)cc3)c2N1. The van der Waals surface area contributed by atoms with Gasteiger partial charge >= 0.3 is 0 Å². The van der Waals surface area contributed by atoms with E-state index in [4.69, 9.17) is 4.74 Å². The van der Waals surface area contributed by atoms with Crippen LogP contribution in [0.3, 0.4) is 0 Å². The summed E-state index contributed by atoms with van der Waals surface area (Å²) in [5.74, 6) is 0.498. The molecule has 10 heteroatoms. The lowest BCUT2D eigenvalue weighted by Gasteiger charge is -2.19. The van der Waals surface area contributed by atoms with Gasteiger partial charge in [-0.1, -0.05) is 12.1 Å². The van der Waals surface area contributed by atoms with E-state index in [-0.39, 0.29) is 12.5 Å². The Hall–Kier alpha value is -2.72. The van der Waals surface area contributed by atoms with Gasteiger partial charge in [0, 0.05) is 19.6 Å². The van der Waals surface area contributed by atoms with Gasteiger partial charge in [0.25, 0.3) is 5.91 Å². The van der Waals surface area contributed by atoms with Crippen LogP contribution in [0, 0.1) is 0 Å². The predicted octanol–water partition coefficient (Wildman–Crippen LogP) is 1.20. The largest absolute Gasteiger partial charge is 0.466 e. The van der Waals surface area contributed by atoms with Crippen molar-refractivity contribution in [3.8, 4) is 5.88 Å². The Kier molecular flexibility index (Phi) is 4.66. The van der Waals surface area contributed by atoms with Crippen molar-refractivity contribution >= 4 is 27.4 Å². The van der Waals surface area contributed by atoms with Crippen LogP contribution in [0.15, 0.2) is 35.5 Å². The summed E-state index contributed by atoms with van der Waals surface area (Å²) in [7, 11) is -3.41. The second-order valence-corrected chi connectivity index (χ2v) is 8.29. The first kappa shape index (κ1) is 17.7. The van der Waals surface area contributed by atoms with Crippen LogP contribution in [0.25, 0.3) is 0 Å². The Morgan fingerprint density at radius 2 is 1.89 bits per heavy atom. The molecule has 142 valence electrons. The molecule has 2 aliphatic rings. The fourth-order valence-electron chi connectivity index (χ4n) is 3.08. The van der Waals surface area contributed by atoms with Gasteiger partial charge in [-0.3, -0.25) is 4.79 Å². The van der Waals surface area contributed by atoms with Crippen LogP contribution in [0.5, 0.6) is 5.88 Å². The number of fused-ring (bicyclic) bond motifs is 1. The number of hydrogen-bond donors (Lipinski definition) is 2. The lowest BCUT2D eigenvalue weighted by atomic mass is 10.2. The molecule has 1 amide bonds. The smallest absolute Gasteiger partial charge is 0.262 e. The van der Waals surface area contributed by atoms with Crippen LogP contribution >= 0.6 is 0 Å². The van der Waals surface area contributed by atoms with Crippen molar-refractivity contribution in [2.24, 2.45) is 0 Å². The van der Waals surface area contributed by atoms with Crippen molar-refractivity contribution in [3.63, 3.8) is 0 Å². The predicted molar refractivity (Wildman–Crippen MR) is 97.9 cm³/mol. The number of amides is 1. The summed E-state index contributed by atoms with van der Waals surface area (Å²) in [5, 5.41) is 5.81. The van der Waals surface area contributed by atoms with Crippen molar-refractivity contribution in [2.75, 3.05) is 30.3 Å². The molecule has 2 aliphatic heterocycles. The molecule has 1 fully saturated rings. The average molecular weight is 389 g/mol. The molecular formula is C17H19N5O4S. The number of sulfonamides is 1. The third-order valence-electron chi connectivity index (χ3n) is 4.50. The van der Waals surface area contributed by atoms with E-state index in [0.717, 1.165) is 18.4 Å². The minimum absolute atomic E-state index is 0.0730. The molecule has 0 atom stereocenters. The average Bonchev–Trinajstić information content (AvgIpc) is 3.22. The Labute approximate surface area is 156 Å². The third kappa shape index (κ3) is 3.58. The van der Waals surface area contributed by atoms with Gasteiger partial charge in [0.05, 0.1) is 4.90 Å². The number of benzene rings is 1. The lowest BCUT2D eigenvalue weighted by Crippen LogP contribution is -2.27. The van der Waals surface area contributed by atoms with Crippen LogP contribution in [0.1, 0.15) is 18.4 Å². The molecule has 2 aromatic rings. The topological polar surface area (TPSA) is 114 Å². The van der Waals surface area contributed by atoms with Gasteiger partial charge in [0.1, 0.15) is 12.0 Å². The van der Waals surface area contributed by atoms with Crippen molar-refractivity contribution in [3.05, 3.63) is 36.2 Å². The summed E-state index contributed by atoms with van der Waals surface area (Å²) in [5.41, 5.74) is 1.28. The zero-order valence-electron chi connectivity index (χ0n) is 14.5. The second-order valence-electron chi connectivity index (χ2n) is 6.35.